The van der Waals surface area contributed by atoms with E-state index in [1.54, 1.807) is 6.07 Å². The van der Waals surface area contributed by atoms with Gasteiger partial charge >= 0.3 is 0 Å². The van der Waals surface area contributed by atoms with E-state index in [4.69, 9.17) is 11.6 Å². The van der Waals surface area contributed by atoms with Gasteiger partial charge in [-0.3, -0.25) is 9.59 Å². The molecule has 178 valence electrons. The highest BCUT2D eigenvalue weighted by molar-refractivity contribution is 7.99. The maximum Gasteiger partial charge on any atom is 0.254 e. The molecule has 3 rings (SSSR count). The third-order valence-corrected chi connectivity index (χ3v) is 6.62. The molecule has 0 bridgehead atoms. The third kappa shape index (κ3) is 7.61. The largest absolute Gasteiger partial charge is 0.355 e. The fraction of sp³-hybridized carbons (Fsp3) is 0.500. The van der Waals surface area contributed by atoms with E-state index in [0.717, 1.165) is 18.7 Å². The Kier molecular flexibility index (Phi) is 9.81. The average Bonchev–Trinajstić information content (AvgIpc) is 2.82. The van der Waals surface area contributed by atoms with Crippen molar-refractivity contribution in [1.29, 1.82) is 0 Å². The van der Waals surface area contributed by atoms with E-state index in [9.17, 15) is 9.59 Å². The van der Waals surface area contributed by atoms with Gasteiger partial charge in [0.2, 0.25) is 5.91 Å². The summed E-state index contributed by atoms with van der Waals surface area (Å²) in [7, 11) is 0. The summed E-state index contributed by atoms with van der Waals surface area (Å²) in [5, 5.41) is 3.77. The molecule has 1 aromatic heterocycles. The molecule has 2 amide bonds. The van der Waals surface area contributed by atoms with Crippen molar-refractivity contribution >= 4 is 41.0 Å². The van der Waals surface area contributed by atoms with Crippen molar-refractivity contribution in [2.24, 2.45) is 0 Å². The second kappa shape index (κ2) is 12.8. The maximum atomic E-state index is 12.9. The first-order valence-corrected chi connectivity index (χ1v) is 12.9. The number of nitrogens with one attached hydrogen (secondary N) is 1. The van der Waals surface area contributed by atoms with Crippen LogP contribution in [0.2, 0.25) is 5.15 Å². The van der Waals surface area contributed by atoms with Crippen LogP contribution in [0.4, 0.5) is 5.82 Å². The molecule has 1 N–H and O–H groups in total. The fourth-order valence-electron chi connectivity index (χ4n) is 3.79. The van der Waals surface area contributed by atoms with Crippen molar-refractivity contribution in [3.8, 4) is 0 Å². The molecule has 7 nitrogen and oxygen atoms in total. The SMILES string of the molecule is CCCCCCNC(=O)CSc1nc(Cl)cc(N2CCN(C(=O)c3ccccc3)C(C)C2)n1. The molecule has 1 fully saturated rings. The molecule has 0 aliphatic carbocycles. The number of aromatic nitrogens is 2. The van der Waals surface area contributed by atoms with Crippen LogP contribution < -0.4 is 10.2 Å². The van der Waals surface area contributed by atoms with Gasteiger partial charge in [-0.15, -0.1) is 0 Å². The highest BCUT2D eigenvalue weighted by atomic mass is 35.5. The fourth-order valence-corrected chi connectivity index (χ4v) is 4.70. The topological polar surface area (TPSA) is 78.4 Å². The first-order chi connectivity index (χ1) is 16.0. The normalized spacial score (nSPS) is 16.0. The van der Waals surface area contributed by atoms with E-state index in [-0.39, 0.29) is 23.6 Å². The lowest BCUT2D eigenvalue weighted by molar-refractivity contribution is -0.118. The predicted molar refractivity (Wildman–Crippen MR) is 134 cm³/mol. The summed E-state index contributed by atoms with van der Waals surface area (Å²) in [5.74, 6) is 0.989. The molecule has 1 aliphatic rings. The summed E-state index contributed by atoms with van der Waals surface area (Å²) < 4.78 is 0. The summed E-state index contributed by atoms with van der Waals surface area (Å²) in [6.45, 7) is 6.80. The van der Waals surface area contributed by atoms with Crippen molar-refractivity contribution in [2.75, 3.05) is 36.8 Å². The summed E-state index contributed by atoms with van der Waals surface area (Å²) in [6.07, 6.45) is 4.50. The number of hydrogen-bond donors (Lipinski definition) is 1. The van der Waals surface area contributed by atoms with E-state index >= 15 is 0 Å². The molecule has 1 aromatic carbocycles. The highest BCUT2D eigenvalue weighted by Gasteiger charge is 2.29. The number of carbonyl (C=O) groups is 2. The summed E-state index contributed by atoms with van der Waals surface area (Å²) in [4.78, 5) is 37.9. The molecule has 9 heteroatoms. The lowest BCUT2D eigenvalue weighted by Gasteiger charge is -2.40. The minimum Gasteiger partial charge on any atom is -0.355 e. The van der Waals surface area contributed by atoms with Crippen LogP contribution in [0, 0.1) is 0 Å². The van der Waals surface area contributed by atoms with Gasteiger partial charge in [-0.05, 0) is 25.5 Å². The number of benzene rings is 1. The summed E-state index contributed by atoms with van der Waals surface area (Å²) in [5.41, 5.74) is 0.699. The molecule has 2 aromatic rings. The summed E-state index contributed by atoms with van der Waals surface area (Å²) in [6, 6.07) is 11.1. The molecule has 0 saturated carbocycles. The van der Waals surface area contributed by atoms with E-state index < -0.39 is 0 Å². The van der Waals surface area contributed by atoms with E-state index in [2.05, 4.69) is 27.1 Å². The molecule has 1 atom stereocenters. The summed E-state index contributed by atoms with van der Waals surface area (Å²) >= 11 is 7.54. The van der Waals surface area contributed by atoms with Crippen LogP contribution in [0.5, 0.6) is 0 Å². The number of anilines is 1. The first kappa shape index (κ1) is 25.3. The molecule has 1 saturated heterocycles. The van der Waals surface area contributed by atoms with Gasteiger partial charge in [0.1, 0.15) is 11.0 Å². The van der Waals surface area contributed by atoms with Crippen molar-refractivity contribution in [3.05, 3.63) is 47.1 Å². The van der Waals surface area contributed by atoms with Crippen molar-refractivity contribution in [2.45, 2.75) is 50.7 Å². The maximum absolute atomic E-state index is 12.9. The molecule has 0 spiro atoms. The number of nitrogens with zero attached hydrogens (tertiary/aromatic N) is 4. The second-order valence-corrected chi connectivity index (χ2v) is 9.52. The lowest BCUT2D eigenvalue weighted by Crippen LogP contribution is -2.54. The van der Waals surface area contributed by atoms with Gasteiger partial charge in [0.05, 0.1) is 5.75 Å². The number of amides is 2. The number of piperazine rings is 1. The van der Waals surface area contributed by atoms with E-state index in [1.165, 1.54) is 24.6 Å². The molecule has 2 heterocycles. The van der Waals surface area contributed by atoms with Crippen molar-refractivity contribution in [3.63, 3.8) is 0 Å². The Morgan fingerprint density at radius 2 is 1.94 bits per heavy atom. The zero-order chi connectivity index (χ0) is 23.6. The standard InChI is InChI=1S/C24H32ClN5O2S/c1-3-4-5-9-12-26-22(31)17-33-24-27-20(25)15-21(28-24)29-13-14-30(18(2)16-29)23(32)19-10-7-6-8-11-19/h6-8,10-11,15,18H,3-5,9,12-14,16-17H2,1-2H3,(H,26,31). The quantitative estimate of drug-likeness (QED) is 0.232. The number of unbranched alkanes of at least 4 members (excludes halogenated alkanes) is 3. The number of carbonyl (C=O) groups excluding carboxylic acids is 2. The average molecular weight is 490 g/mol. The van der Waals surface area contributed by atoms with Crippen LogP contribution in [-0.4, -0.2) is 64.7 Å². The van der Waals surface area contributed by atoms with Gasteiger partial charge in [0, 0.05) is 43.9 Å². The van der Waals surface area contributed by atoms with Gasteiger partial charge in [0.15, 0.2) is 5.16 Å². The molecule has 1 unspecified atom stereocenters. The molecule has 1 aliphatic heterocycles. The molecule has 33 heavy (non-hydrogen) atoms. The van der Waals surface area contributed by atoms with Crippen LogP contribution in [0.25, 0.3) is 0 Å². The van der Waals surface area contributed by atoms with Crippen LogP contribution >= 0.6 is 23.4 Å². The Bertz CT molecular complexity index is 930. The molecular weight excluding hydrogens is 458 g/mol. The van der Waals surface area contributed by atoms with Crippen molar-refractivity contribution < 1.29 is 9.59 Å². The first-order valence-electron chi connectivity index (χ1n) is 11.5. The van der Waals surface area contributed by atoms with Gasteiger partial charge in [-0.2, -0.15) is 0 Å². The Balaban J connectivity index is 1.54. The van der Waals surface area contributed by atoms with Gasteiger partial charge in [-0.1, -0.05) is 67.7 Å². The number of thioether (sulfide) groups is 1. The zero-order valence-corrected chi connectivity index (χ0v) is 20.9. The van der Waals surface area contributed by atoms with Gasteiger partial charge in [0.25, 0.3) is 5.91 Å². The Morgan fingerprint density at radius 1 is 1.15 bits per heavy atom. The van der Waals surface area contributed by atoms with E-state index in [0.29, 0.717) is 42.1 Å². The highest BCUT2D eigenvalue weighted by Crippen LogP contribution is 2.24. The third-order valence-electron chi connectivity index (χ3n) is 5.58. The number of rotatable bonds is 10. The monoisotopic (exact) mass is 489 g/mol. The Morgan fingerprint density at radius 3 is 2.67 bits per heavy atom. The van der Waals surface area contributed by atoms with Crippen molar-refractivity contribution in [1.82, 2.24) is 20.2 Å². The van der Waals surface area contributed by atoms with Gasteiger partial charge < -0.3 is 15.1 Å². The smallest absolute Gasteiger partial charge is 0.254 e. The van der Waals surface area contributed by atoms with Crippen LogP contribution in [0.3, 0.4) is 0 Å². The lowest BCUT2D eigenvalue weighted by atomic mass is 10.1. The molecule has 0 radical (unpaired) electrons. The van der Waals surface area contributed by atoms with E-state index in [1.807, 2.05) is 42.2 Å². The minimum absolute atomic E-state index is 0.0230. The number of halogens is 1. The van der Waals surface area contributed by atoms with Crippen LogP contribution in [0.1, 0.15) is 49.9 Å². The predicted octanol–water partition coefficient (Wildman–Crippen LogP) is 4.27. The Hall–Kier alpha value is -2.32. The second-order valence-electron chi connectivity index (χ2n) is 8.19. The minimum atomic E-state index is -0.0247. The number of hydrogen-bond acceptors (Lipinski definition) is 6. The zero-order valence-electron chi connectivity index (χ0n) is 19.3. The Labute approximate surface area is 205 Å². The van der Waals surface area contributed by atoms with Crippen LogP contribution in [-0.2, 0) is 4.79 Å². The van der Waals surface area contributed by atoms with Crippen LogP contribution in [0.15, 0.2) is 41.6 Å². The molecular formula is C24H32ClN5O2S. The van der Waals surface area contributed by atoms with Gasteiger partial charge in [-0.25, -0.2) is 9.97 Å².